The number of rotatable bonds is 5. The zero-order chi connectivity index (χ0) is 18.0. The highest BCUT2D eigenvalue weighted by Gasteiger charge is 2.30. The van der Waals surface area contributed by atoms with E-state index in [1.807, 2.05) is 29.2 Å². The van der Waals surface area contributed by atoms with Crippen LogP contribution in [-0.4, -0.2) is 29.7 Å². The second kappa shape index (κ2) is 7.07. The summed E-state index contributed by atoms with van der Waals surface area (Å²) < 4.78 is 5.43. The summed E-state index contributed by atoms with van der Waals surface area (Å²) in [5.74, 6) is 0.364. The van der Waals surface area contributed by atoms with E-state index in [4.69, 9.17) is 10.5 Å². The Morgan fingerprint density at radius 2 is 1.92 bits per heavy atom. The van der Waals surface area contributed by atoms with E-state index in [1.54, 1.807) is 19.2 Å². The number of ether oxygens (including phenoxy) is 1. The maximum absolute atomic E-state index is 12.0. The first-order chi connectivity index (χ1) is 12.0. The third-order valence-corrected chi connectivity index (χ3v) is 4.73. The number of carbonyl (C=O) groups excluding carboxylic acids is 2. The number of benzene rings is 2. The molecule has 0 saturated heterocycles. The molecular weight excluding hydrogens is 316 g/mol. The number of methoxy groups -OCH3 is 1. The van der Waals surface area contributed by atoms with E-state index in [2.05, 4.69) is 6.07 Å². The summed E-state index contributed by atoms with van der Waals surface area (Å²) in [6, 6.07) is 13.1. The Morgan fingerprint density at radius 1 is 1.20 bits per heavy atom. The molecule has 0 bridgehead atoms. The van der Waals surface area contributed by atoms with E-state index in [-0.39, 0.29) is 17.7 Å². The number of nitrogens with two attached hydrogens (primary N) is 1. The molecule has 2 aromatic carbocycles. The van der Waals surface area contributed by atoms with Gasteiger partial charge in [0, 0.05) is 24.2 Å². The standard InChI is InChI=1S/C20H22N2O3/c1-13(23)14-7-8-19(25-2)17(9-14)12-22-11-16-6-4-3-5-15(16)10-18(22)20(21)24/h3-9,18H,10-12H2,1-2H3,(H2,21,24). The van der Waals surface area contributed by atoms with Crippen LogP contribution in [0.4, 0.5) is 0 Å². The third kappa shape index (κ3) is 3.56. The fraction of sp³-hybridized carbons (Fsp3) is 0.300. The van der Waals surface area contributed by atoms with Crippen molar-refractivity contribution in [2.75, 3.05) is 7.11 Å². The third-order valence-electron chi connectivity index (χ3n) is 4.73. The monoisotopic (exact) mass is 338 g/mol. The number of carbonyl (C=O) groups is 2. The molecule has 130 valence electrons. The SMILES string of the molecule is COc1ccc(C(C)=O)cc1CN1Cc2ccccc2CC1C(N)=O. The van der Waals surface area contributed by atoms with Gasteiger partial charge in [0.1, 0.15) is 5.75 Å². The molecule has 0 aliphatic carbocycles. The van der Waals surface area contributed by atoms with Crippen LogP contribution in [0.1, 0.15) is 34.0 Å². The molecule has 2 aromatic rings. The van der Waals surface area contributed by atoms with Crippen LogP contribution in [0.3, 0.4) is 0 Å². The van der Waals surface area contributed by atoms with Gasteiger partial charge in [0.2, 0.25) is 5.91 Å². The minimum atomic E-state index is -0.374. The molecule has 3 rings (SSSR count). The molecule has 25 heavy (non-hydrogen) atoms. The number of hydrogen-bond acceptors (Lipinski definition) is 4. The van der Waals surface area contributed by atoms with Crippen LogP contribution in [0.15, 0.2) is 42.5 Å². The van der Waals surface area contributed by atoms with Crippen molar-refractivity contribution in [1.29, 1.82) is 0 Å². The van der Waals surface area contributed by atoms with Gasteiger partial charge in [0.05, 0.1) is 13.2 Å². The first-order valence-corrected chi connectivity index (χ1v) is 8.27. The summed E-state index contributed by atoms with van der Waals surface area (Å²) in [6.45, 7) is 2.67. The summed E-state index contributed by atoms with van der Waals surface area (Å²) >= 11 is 0. The normalized spacial score (nSPS) is 17.0. The van der Waals surface area contributed by atoms with Gasteiger partial charge < -0.3 is 10.5 Å². The smallest absolute Gasteiger partial charge is 0.235 e. The first-order valence-electron chi connectivity index (χ1n) is 8.27. The van der Waals surface area contributed by atoms with Crippen LogP contribution in [0.25, 0.3) is 0 Å². The van der Waals surface area contributed by atoms with Gasteiger partial charge in [0.25, 0.3) is 0 Å². The van der Waals surface area contributed by atoms with Gasteiger partial charge in [-0.3, -0.25) is 14.5 Å². The van der Waals surface area contributed by atoms with Crippen LogP contribution in [-0.2, 0) is 24.3 Å². The lowest BCUT2D eigenvalue weighted by Gasteiger charge is -2.35. The molecule has 1 heterocycles. The summed E-state index contributed by atoms with van der Waals surface area (Å²) in [5, 5.41) is 0. The Hall–Kier alpha value is -2.66. The number of primary amides is 1. The molecule has 2 N–H and O–H groups in total. The van der Waals surface area contributed by atoms with Crippen molar-refractivity contribution < 1.29 is 14.3 Å². The minimum Gasteiger partial charge on any atom is -0.496 e. The molecule has 5 nitrogen and oxygen atoms in total. The number of amides is 1. The lowest BCUT2D eigenvalue weighted by molar-refractivity contribution is -0.124. The van der Waals surface area contributed by atoms with Gasteiger partial charge in [-0.2, -0.15) is 0 Å². The van der Waals surface area contributed by atoms with Gasteiger partial charge >= 0.3 is 0 Å². The molecule has 0 fully saturated rings. The molecule has 1 unspecified atom stereocenters. The average molecular weight is 338 g/mol. The Labute approximate surface area is 147 Å². The Bertz CT molecular complexity index is 816. The van der Waals surface area contributed by atoms with Crippen molar-refractivity contribution in [3.05, 3.63) is 64.7 Å². The summed E-state index contributed by atoms with van der Waals surface area (Å²) in [5.41, 5.74) is 9.51. The Kier molecular flexibility index (Phi) is 4.86. The van der Waals surface area contributed by atoms with Crippen LogP contribution in [0.5, 0.6) is 5.75 Å². The highest BCUT2D eigenvalue weighted by Crippen LogP contribution is 2.28. The summed E-state index contributed by atoms with van der Waals surface area (Å²) in [4.78, 5) is 25.7. The quantitative estimate of drug-likeness (QED) is 0.849. The second-order valence-electron chi connectivity index (χ2n) is 6.38. The predicted molar refractivity (Wildman–Crippen MR) is 95.4 cm³/mol. The first kappa shape index (κ1) is 17.2. The Morgan fingerprint density at radius 3 is 2.56 bits per heavy atom. The average Bonchev–Trinajstić information content (AvgIpc) is 2.60. The van der Waals surface area contributed by atoms with E-state index in [0.29, 0.717) is 30.8 Å². The van der Waals surface area contributed by atoms with Crippen molar-refractivity contribution in [3.63, 3.8) is 0 Å². The van der Waals surface area contributed by atoms with E-state index < -0.39 is 0 Å². The van der Waals surface area contributed by atoms with Crippen molar-refractivity contribution in [2.45, 2.75) is 32.5 Å². The lowest BCUT2D eigenvalue weighted by atomic mass is 9.93. The maximum Gasteiger partial charge on any atom is 0.235 e. The molecule has 0 radical (unpaired) electrons. The van der Waals surface area contributed by atoms with Crippen molar-refractivity contribution >= 4 is 11.7 Å². The topological polar surface area (TPSA) is 72.6 Å². The van der Waals surface area contributed by atoms with Gasteiger partial charge in [-0.1, -0.05) is 24.3 Å². The van der Waals surface area contributed by atoms with Crippen molar-refractivity contribution in [2.24, 2.45) is 5.73 Å². The van der Waals surface area contributed by atoms with Crippen LogP contribution >= 0.6 is 0 Å². The second-order valence-corrected chi connectivity index (χ2v) is 6.38. The summed E-state index contributed by atoms with van der Waals surface area (Å²) in [6.07, 6.45) is 0.597. The van der Waals surface area contributed by atoms with Gasteiger partial charge in [-0.05, 0) is 42.7 Å². The zero-order valence-electron chi connectivity index (χ0n) is 14.5. The highest BCUT2D eigenvalue weighted by atomic mass is 16.5. The molecule has 1 atom stereocenters. The number of nitrogens with zero attached hydrogens (tertiary/aromatic N) is 1. The highest BCUT2D eigenvalue weighted by molar-refractivity contribution is 5.94. The Balaban J connectivity index is 1.94. The van der Waals surface area contributed by atoms with E-state index in [0.717, 1.165) is 11.1 Å². The largest absolute Gasteiger partial charge is 0.496 e. The van der Waals surface area contributed by atoms with Gasteiger partial charge in [-0.25, -0.2) is 0 Å². The molecule has 0 spiro atoms. The fourth-order valence-electron chi connectivity index (χ4n) is 3.36. The molecular formula is C20H22N2O3. The molecule has 5 heteroatoms. The molecule has 0 aromatic heterocycles. The fourth-order valence-corrected chi connectivity index (χ4v) is 3.36. The van der Waals surface area contributed by atoms with Gasteiger partial charge in [0.15, 0.2) is 5.78 Å². The van der Waals surface area contributed by atoms with Crippen LogP contribution in [0, 0.1) is 0 Å². The van der Waals surface area contributed by atoms with E-state index >= 15 is 0 Å². The molecule has 1 aliphatic rings. The number of Topliss-reactive ketones (excluding diaryl/α,β-unsaturated/α-hetero) is 1. The zero-order valence-corrected chi connectivity index (χ0v) is 14.5. The number of hydrogen-bond donors (Lipinski definition) is 1. The van der Waals surface area contributed by atoms with Crippen molar-refractivity contribution in [3.8, 4) is 5.75 Å². The van der Waals surface area contributed by atoms with Crippen molar-refractivity contribution in [1.82, 2.24) is 4.90 Å². The van der Waals surface area contributed by atoms with Gasteiger partial charge in [-0.15, -0.1) is 0 Å². The minimum absolute atomic E-state index is 0.000607. The molecule has 1 aliphatic heterocycles. The van der Waals surface area contributed by atoms with E-state index in [1.165, 1.54) is 12.5 Å². The van der Waals surface area contributed by atoms with Crippen LogP contribution in [0.2, 0.25) is 0 Å². The van der Waals surface area contributed by atoms with Crippen LogP contribution < -0.4 is 10.5 Å². The molecule has 0 saturated carbocycles. The maximum atomic E-state index is 12.0. The summed E-state index contributed by atoms with van der Waals surface area (Å²) in [7, 11) is 1.60. The lowest BCUT2D eigenvalue weighted by Crippen LogP contribution is -2.48. The molecule has 1 amide bonds. The number of ketones is 1. The number of fused-ring (bicyclic) bond motifs is 1. The van der Waals surface area contributed by atoms with E-state index in [9.17, 15) is 9.59 Å². The predicted octanol–water partition coefficient (Wildman–Crippen LogP) is 2.31.